The molecule has 146 valence electrons. The Kier molecular flexibility index (Phi) is 17.7. The summed E-state index contributed by atoms with van der Waals surface area (Å²) >= 11 is 0. The van der Waals surface area contributed by atoms with E-state index in [0.717, 1.165) is 11.8 Å². The van der Waals surface area contributed by atoms with Gasteiger partial charge in [0.1, 0.15) is 0 Å². The van der Waals surface area contributed by atoms with Crippen LogP contribution < -0.4 is 0 Å². The molecule has 0 saturated heterocycles. The summed E-state index contributed by atoms with van der Waals surface area (Å²) < 4.78 is 0. The smallest absolute Gasteiger partial charge is 0.00187 e. The normalized spacial score (nSPS) is 12.0. The SMILES string of the molecule is CCCCCCCCCN(CCCCC(C)C)CCCCC(C)C. The van der Waals surface area contributed by atoms with Gasteiger partial charge >= 0.3 is 0 Å². The van der Waals surface area contributed by atoms with E-state index in [1.54, 1.807) is 0 Å². The van der Waals surface area contributed by atoms with E-state index in [4.69, 9.17) is 0 Å². The minimum absolute atomic E-state index is 0.868. The highest BCUT2D eigenvalue weighted by Gasteiger charge is 2.06. The molecule has 1 heteroatoms. The van der Waals surface area contributed by atoms with Gasteiger partial charge in [0, 0.05) is 0 Å². The molecule has 1 nitrogen and oxygen atoms in total. The molecule has 0 aliphatic heterocycles. The van der Waals surface area contributed by atoms with Crippen molar-refractivity contribution in [3.05, 3.63) is 0 Å². The third kappa shape index (κ3) is 18.3. The van der Waals surface area contributed by atoms with Gasteiger partial charge in [0.15, 0.2) is 0 Å². The van der Waals surface area contributed by atoms with E-state index in [1.165, 1.54) is 103 Å². The molecule has 0 atom stereocenters. The molecule has 0 aliphatic carbocycles. The van der Waals surface area contributed by atoms with Gasteiger partial charge < -0.3 is 4.90 Å². The van der Waals surface area contributed by atoms with Gasteiger partial charge in [0.2, 0.25) is 0 Å². The minimum Gasteiger partial charge on any atom is -0.303 e. The van der Waals surface area contributed by atoms with E-state index >= 15 is 0 Å². The first kappa shape index (κ1) is 24.0. The van der Waals surface area contributed by atoms with Gasteiger partial charge in [0.05, 0.1) is 0 Å². The number of rotatable bonds is 18. The zero-order chi connectivity index (χ0) is 18.0. The molecule has 0 heterocycles. The maximum absolute atomic E-state index is 2.77. The summed E-state index contributed by atoms with van der Waals surface area (Å²) in [4.78, 5) is 2.77. The minimum atomic E-state index is 0.868. The number of hydrogen-bond donors (Lipinski definition) is 0. The fourth-order valence-electron chi connectivity index (χ4n) is 3.40. The Morgan fingerprint density at radius 3 is 1.29 bits per heavy atom. The van der Waals surface area contributed by atoms with Crippen molar-refractivity contribution in [2.24, 2.45) is 11.8 Å². The van der Waals surface area contributed by atoms with Gasteiger partial charge in [-0.2, -0.15) is 0 Å². The van der Waals surface area contributed by atoms with Crippen molar-refractivity contribution < 1.29 is 0 Å². The molecule has 0 spiro atoms. The Balaban J connectivity index is 3.80. The van der Waals surface area contributed by atoms with Crippen LogP contribution in [0.3, 0.4) is 0 Å². The zero-order valence-corrected chi connectivity index (χ0v) is 17.9. The quantitative estimate of drug-likeness (QED) is 0.231. The topological polar surface area (TPSA) is 3.24 Å². The lowest BCUT2D eigenvalue weighted by molar-refractivity contribution is 0.251. The van der Waals surface area contributed by atoms with E-state index in [1.807, 2.05) is 0 Å². The molecule has 0 bridgehead atoms. The van der Waals surface area contributed by atoms with Crippen LogP contribution in [0.25, 0.3) is 0 Å². The molecule has 0 amide bonds. The van der Waals surface area contributed by atoms with Crippen LogP contribution in [0.1, 0.15) is 118 Å². The number of nitrogens with zero attached hydrogens (tertiary/aromatic N) is 1. The van der Waals surface area contributed by atoms with E-state index in [0.29, 0.717) is 0 Å². The lowest BCUT2D eigenvalue weighted by Gasteiger charge is -2.23. The van der Waals surface area contributed by atoms with Crippen molar-refractivity contribution in [2.45, 2.75) is 118 Å². The fourth-order valence-corrected chi connectivity index (χ4v) is 3.40. The van der Waals surface area contributed by atoms with Gasteiger partial charge in [-0.25, -0.2) is 0 Å². The van der Waals surface area contributed by atoms with Crippen LogP contribution in [-0.2, 0) is 0 Å². The van der Waals surface area contributed by atoms with Gasteiger partial charge in [-0.15, -0.1) is 0 Å². The highest BCUT2D eigenvalue weighted by molar-refractivity contribution is 4.61. The van der Waals surface area contributed by atoms with Crippen LogP contribution in [0, 0.1) is 11.8 Å². The summed E-state index contributed by atoms with van der Waals surface area (Å²) in [6.45, 7) is 15.7. The van der Waals surface area contributed by atoms with Crippen molar-refractivity contribution >= 4 is 0 Å². The van der Waals surface area contributed by atoms with E-state index in [9.17, 15) is 0 Å². The Labute approximate surface area is 155 Å². The van der Waals surface area contributed by atoms with Crippen LogP contribution in [-0.4, -0.2) is 24.5 Å². The van der Waals surface area contributed by atoms with Gasteiger partial charge in [-0.3, -0.25) is 0 Å². The Hall–Kier alpha value is -0.0400. The Bertz CT molecular complexity index is 218. The first-order valence-corrected chi connectivity index (χ1v) is 11.3. The second-order valence-corrected chi connectivity index (χ2v) is 8.74. The van der Waals surface area contributed by atoms with E-state index in [-0.39, 0.29) is 0 Å². The second-order valence-electron chi connectivity index (χ2n) is 8.74. The summed E-state index contributed by atoms with van der Waals surface area (Å²) in [7, 11) is 0. The molecular formula is C23H49N. The molecule has 0 aliphatic rings. The third-order valence-corrected chi connectivity index (χ3v) is 5.09. The van der Waals surface area contributed by atoms with Crippen molar-refractivity contribution in [2.75, 3.05) is 19.6 Å². The molecule has 0 unspecified atom stereocenters. The van der Waals surface area contributed by atoms with Crippen molar-refractivity contribution in [1.82, 2.24) is 4.90 Å². The monoisotopic (exact) mass is 339 g/mol. The van der Waals surface area contributed by atoms with Crippen LogP contribution in [0.2, 0.25) is 0 Å². The summed E-state index contributed by atoms with van der Waals surface area (Å²) in [5.74, 6) is 1.74. The van der Waals surface area contributed by atoms with Gasteiger partial charge in [-0.1, -0.05) is 98.8 Å². The van der Waals surface area contributed by atoms with Crippen LogP contribution in [0.15, 0.2) is 0 Å². The first-order chi connectivity index (χ1) is 11.6. The van der Waals surface area contributed by atoms with Gasteiger partial charge in [-0.05, 0) is 50.7 Å². The lowest BCUT2D eigenvalue weighted by atomic mass is 10.1. The molecule has 0 N–H and O–H groups in total. The Morgan fingerprint density at radius 1 is 0.500 bits per heavy atom. The summed E-state index contributed by atoms with van der Waals surface area (Å²) in [5, 5.41) is 0. The van der Waals surface area contributed by atoms with Crippen molar-refractivity contribution in [1.29, 1.82) is 0 Å². The lowest BCUT2D eigenvalue weighted by Crippen LogP contribution is -2.27. The molecule has 0 radical (unpaired) electrons. The standard InChI is InChI=1S/C23H49N/c1-6-7-8-9-10-11-14-19-24(20-15-12-17-22(2)3)21-16-13-18-23(4)5/h22-23H,6-21H2,1-5H3. The molecule has 0 saturated carbocycles. The maximum atomic E-state index is 2.77. The zero-order valence-electron chi connectivity index (χ0n) is 17.9. The second kappa shape index (κ2) is 17.8. The van der Waals surface area contributed by atoms with Crippen LogP contribution >= 0.6 is 0 Å². The molecule has 24 heavy (non-hydrogen) atoms. The highest BCUT2D eigenvalue weighted by atomic mass is 15.1. The fraction of sp³-hybridized carbons (Fsp3) is 1.00. The molecule has 0 fully saturated rings. The predicted molar refractivity (Wildman–Crippen MR) is 112 cm³/mol. The largest absolute Gasteiger partial charge is 0.303 e. The molecule has 0 rings (SSSR count). The highest BCUT2D eigenvalue weighted by Crippen LogP contribution is 2.12. The van der Waals surface area contributed by atoms with Crippen LogP contribution in [0.5, 0.6) is 0 Å². The third-order valence-electron chi connectivity index (χ3n) is 5.09. The van der Waals surface area contributed by atoms with Crippen LogP contribution in [0.4, 0.5) is 0 Å². The predicted octanol–water partition coefficient (Wildman–Crippen LogP) is 7.69. The molecule has 0 aromatic heterocycles. The summed E-state index contributed by atoms with van der Waals surface area (Å²) in [6.07, 6.45) is 18.4. The summed E-state index contributed by atoms with van der Waals surface area (Å²) in [5.41, 5.74) is 0. The van der Waals surface area contributed by atoms with E-state index < -0.39 is 0 Å². The van der Waals surface area contributed by atoms with Gasteiger partial charge in [0.25, 0.3) is 0 Å². The first-order valence-electron chi connectivity index (χ1n) is 11.3. The molecule has 0 aromatic carbocycles. The van der Waals surface area contributed by atoms with Crippen molar-refractivity contribution in [3.8, 4) is 0 Å². The molecule has 0 aromatic rings. The average molecular weight is 340 g/mol. The van der Waals surface area contributed by atoms with Crippen molar-refractivity contribution in [3.63, 3.8) is 0 Å². The molecular weight excluding hydrogens is 290 g/mol. The maximum Gasteiger partial charge on any atom is -0.00187 e. The average Bonchev–Trinajstić information content (AvgIpc) is 2.53. The summed E-state index contributed by atoms with van der Waals surface area (Å²) in [6, 6.07) is 0. The Morgan fingerprint density at radius 2 is 0.875 bits per heavy atom. The van der Waals surface area contributed by atoms with E-state index in [2.05, 4.69) is 39.5 Å². The number of unbranched alkanes of at least 4 members (excludes halogenated alkanes) is 8. The number of hydrogen-bond acceptors (Lipinski definition) is 1.